The van der Waals surface area contributed by atoms with Crippen LogP contribution in [0.15, 0.2) is 35.3 Å². The smallest absolute Gasteiger partial charge is 0.0849 e. The van der Waals surface area contributed by atoms with E-state index in [1.165, 1.54) is 35.7 Å². The Morgan fingerprint density at radius 1 is 1.29 bits per heavy atom. The van der Waals surface area contributed by atoms with Crippen molar-refractivity contribution in [2.75, 3.05) is 18.8 Å². The second-order valence-electron chi connectivity index (χ2n) is 4.68. The molecule has 1 aromatic carbocycles. The van der Waals surface area contributed by atoms with Crippen molar-refractivity contribution in [3.63, 3.8) is 0 Å². The highest BCUT2D eigenvalue weighted by atomic mass is 32.2. The molecular formula is C14H18N2S. The summed E-state index contributed by atoms with van der Waals surface area (Å²) in [4.78, 5) is 7.24. The van der Waals surface area contributed by atoms with Gasteiger partial charge in [-0.25, -0.2) is 0 Å². The van der Waals surface area contributed by atoms with Crippen LogP contribution < -0.4 is 0 Å². The first-order valence-corrected chi connectivity index (χ1v) is 7.37. The van der Waals surface area contributed by atoms with Gasteiger partial charge in [-0.3, -0.25) is 9.89 Å². The lowest BCUT2D eigenvalue weighted by atomic mass is 10.2. The highest BCUT2D eigenvalue weighted by Gasteiger charge is 2.30. The fraction of sp³-hybridized carbons (Fsp3) is 0.500. The van der Waals surface area contributed by atoms with Gasteiger partial charge >= 0.3 is 0 Å². The van der Waals surface area contributed by atoms with Crippen molar-refractivity contribution in [3.8, 4) is 0 Å². The van der Waals surface area contributed by atoms with Crippen LogP contribution in [0.25, 0.3) is 0 Å². The highest BCUT2D eigenvalue weighted by Crippen LogP contribution is 2.27. The van der Waals surface area contributed by atoms with Gasteiger partial charge in [0.2, 0.25) is 0 Å². The molecule has 0 N–H and O–H groups in total. The summed E-state index contributed by atoms with van der Waals surface area (Å²) >= 11 is 1.96. The summed E-state index contributed by atoms with van der Waals surface area (Å²) in [6.07, 6.45) is 2.61. The molecule has 0 unspecified atom stereocenters. The Hall–Kier alpha value is -0.800. The third-order valence-electron chi connectivity index (χ3n) is 3.49. The van der Waals surface area contributed by atoms with Gasteiger partial charge in [0.25, 0.3) is 0 Å². The maximum absolute atomic E-state index is 4.65. The maximum Gasteiger partial charge on any atom is 0.0849 e. The molecule has 0 bridgehead atoms. The molecular weight excluding hydrogens is 228 g/mol. The minimum Gasteiger partial charge on any atom is -0.290 e. The second kappa shape index (κ2) is 5.23. The topological polar surface area (TPSA) is 15.6 Å². The molecule has 2 nitrogen and oxygen atoms in total. The van der Waals surface area contributed by atoms with Gasteiger partial charge in [0, 0.05) is 18.8 Å². The first kappa shape index (κ1) is 11.3. The number of nitrogens with zero attached hydrogens (tertiary/aromatic N) is 2. The van der Waals surface area contributed by atoms with E-state index in [1.54, 1.807) is 0 Å². The third kappa shape index (κ3) is 2.55. The summed E-state index contributed by atoms with van der Waals surface area (Å²) in [5.41, 5.74) is 1.42. The summed E-state index contributed by atoms with van der Waals surface area (Å²) < 4.78 is 0. The minimum absolute atomic E-state index is 0.600. The van der Waals surface area contributed by atoms with Crippen molar-refractivity contribution in [1.82, 2.24) is 4.90 Å². The highest BCUT2D eigenvalue weighted by molar-refractivity contribution is 8.14. The molecule has 0 radical (unpaired) electrons. The molecule has 1 atom stereocenters. The molecule has 1 fully saturated rings. The Balaban J connectivity index is 1.70. The molecule has 2 aliphatic rings. The lowest BCUT2D eigenvalue weighted by molar-refractivity contribution is 0.296. The number of benzene rings is 1. The average molecular weight is 246 g/mol. The van der Waals surface area contributed by atoms with Crippen LogP contribution in [-0.4, -0.2) is 34.8 Å². The van der Waals surface area contributed by atoms with Crippen LogP contribution >= 0.6 is 11.8 Å². The first-order valence-electron chi connectivity index (χ1n) is 6.38. The quantitative estimate of drug-likeness (QED) is 0.815. The lowest BCUT2D eigenvalue weighted by Gasteiger charge is -2.24. The zero-order valence-corrected chi connectivity index (χ0v) is 10.8. The van der Waals surface area contributed by atoms with Crippen LogP contribution in [0.5, 0.6) is 0 Å². The molecule has 90 valence electrons. The Bertz CT molecular complexity index is 402. The van der Waals surface area contributed by atoms with E-state index in [2.05, 4.69) is 40.2 Å². The predicted octanol–water partition coefficient (Wildman–Crippen LogP) is 2.80. The summed E-state index contributed by atoms with van der Waals surface area (Å²) in [5.74, 6) is 1.19. The monoisotopic (exact) mass is 246 g/mol. The van der Waals surface area contributed by atoms with Gasteiger partial charge in [0.05, 0.1) is 11.1 Å². The van der Waals surface area contributed by atoms with Crippen molar-refractivity contribution < 1.29 is 0 Å². The van der Waals surface area contributed by atoms with E-state index in [0.29, 0.717) is 6.04 Å². The van der Waals surface area contributed by atoms with Gasteiger partial charge in [-0.1, -0.05) is 30.3 Å². The van der Waals surface area contributed by atoms with Gasteiger partial charge in [-0.05, 0) is 24.9 Å². The van der Waals surface area contributed by atoms with Crippen LogP contribution in [0.2, 0.25) is 0 Å². The Labute approximate surface area is 107 Å². The van der Waals surface area contributed by atoms with Crippen LogP contribution in [-0.2, 0) is 6.54 Å². The molecule has 3 rings (SSSR count). The van der Waals surface area contributed by atoms with Gasteiger partial charge in [0.15, 0.2) is 0 Å². The third-order valence-corrected chi connectivity index (χ3v) is 4.57. The molecule has 0 aliphatic carbocycles. The van der Waals surface area contributed by atoms with E-state index in [1.807, 2.05) is 11.8 Å². The number of hydrogen-bond donors (Lipinski definition) is 0. The van der Waals surface area contributed by atoms with Crippen LogP contribution in [0.4, 0.5) is 0 Å². The summed E-state index contributed by atoms with van der Waals surface area (Å²) in [5, 5.41) is 1.39. The van der Waals surface area contributed by atoms with E-state index in [4.69, 9.17) is 0 Å². The summed E-state index contributed by atoms with van der Waals surface area (Å²) in [7, 11) is 0. The number of aliphatic imine (C=N–C) groups is 1. The van der Waals surface area contributed by atoms with E-state index in [-0.39, 0.29) is 0 Å². The van der Waals surface area contributed by atoms with Crippen molar-refractivity contribution in [2.24, 2.45) is 4.99 Å². The largest absolute Gasteiger partial charge is 0.290 e. The van der Waals surface area contributed by atoms with Crippen LogP contribution in [0, 0.1) is 0 Å². The normalized spacial score (nSPS) is 25.2. The van der Waals surface area contributed by atoms with E-state index in [0.717, 1.165) is 13.1 Å². The predicted molar refractivity (Wildman–Crippen MR) is 74.6 cm³/mol. The van der Waals surface area contributed by atoms with Gasteiger partial charge < -0.3 is 0 Å². The Morgan fingerprint density at radius 2 is 2.18 bits per heavy atom. The molecule has 3 heteroatoms. The molecule has 0 amide bonds. The molecule has 17 heavy (non-hydrogen) atoms. The molecule has 2 aliphatic heterocycles. The fourth-order valence-electron chi connectivity index (χ4n) is 2.67. The molecule has 0 spiro atoms. The SMILES string of the molecule is c1ccc(CN2CCC[C@@H]2C2=NCCS2)cc1. The number of rotatable bonds is 3. The Morgan fingerprint density at radius 3 is 2.94 bits per heavy atom. The van der Waals surface area contributed by atoms with Crippen molar-refractivity contribution >= 4 is 16.8 Å². The number of likely N-dealkylation sites (tertiary alicyclic amines) is 1. The van der Waals surface area contributed by atoms with E-state index < -0.39 is 0 Å². The van der Waals surface area contributed by atoms with Gasteiger partial charge in [0.1, 0.15) is 0 Å². The molecule has 2 heterocycles. The summed E-state index contributed by atoms with van der Waals surface area (Å²) in [6, 6.07) is 11.4. The molecule has 1 aromatic rings. The Kier molecular flexibility index (Phi) is 3.48. The number of thioether (sulfide) groups is 1. The second-order valence-corrected chi connectivity index (χ2v) is 5.80. The molecule has 0 aromatic heterocycles. The first-order chi connectivity index (χ1) is 8.43. The van der Waals surface area contributed by atoms with E-state index >= 15 is 0 Å². The lowest BCUT2D eigenvalue weighted by Crippen LogP contribution is -2.33. The summed E-state index contributed by atoms with van der Waals surface area (Å²) in [6.45, 7) is 3.32. The van der Waals surface area contributed by atoms with Crippen molar-refractivity contribution in [3.05, 3.63) is 35.9 Å². The van der Waals surface area contributed by atoms with Crippen LogP contribution in [0.1, 0.15) is 18.4 Å². The average Bonchev–Trinajstić information content (AvgIpc) is 3.00. The maximum atomic E-state index is 4.65. The van der Waals surface area contributed by atoms with Gasteiger partial charge in [-0.15, -0.1) is 11.8 Å². The van der Waals surface area contributed by atoms with Crippen molar-refractivity contribution in [2.45, 2.75) is 25.4 Å². The minimum atomic E-state index is 0.600. The zero-order valence-electron chi connectivity index (χ0n) is 10.0. The fourth-order valence-corrected chi connectivity index (χ4v) is 3.70. The van der Waals surface area contributed by atoms with Gasteiger partial charge in [-0.2, -0.15) is 0 Å². The zero-order chi connectivity index (χ0) is 11.5. The van der Waals surface area contributed by atoms with E-state index in [9.17, 15) is 0 Å². The van der Waals surface area contributed by atoms with Crippen molar-refractivity contribution in [1.29, 1.82) is 0 Å². The molecule has 0 saturated carbocycles. The molecule has 1 saturated heterocycles. The number of hydrogen-bond acceptors (Lipinski definition) is 3. The standard InChI is InChI=1S/C14H18N2S/c1-2-5-12(6-3-1)11-16-9-4-7-13(16)14-15-8-10-17-14/h1-3,5-6,13H,4,7-11H2/t13-/m1/s1. The van der Waals surface area contributed by atoms with Crippen LogP contribution in [0.3, 0.4) is 0 Å².